The maximum absolute atomic E-state index is 10.7. The Morgan fingerprint density at radius 2 is 1.25 bits per heavy atom. The van der Waals surface area contributed by atoms with Crippen molar-refractivity contribution in [3.63, 3.8) is 0 Å². The van der Waals surface area contributed by atoms with Crippen LogP contribution in [0.1, 0.15) is 65.7 Å². The van der Waals surface area contributed by atoms with Crippen LogP contribution in [0.5, 0.6) is 0 Å². The molecule has 9 nitrogen and oxygen atoms in total. The van der Waals surface area contributed by atoms with Gasteiger partial charge in [0.1, 0.15) is 0 Å². The molecule has 0 aliphatic carbocycles. The highest BCUT2D eigenvalue weighted by molar-refractivity contribution is 6.32. The van der Waals surface area contributed by atoms with Crippen molar-refractivity contribution >= 4 is 23.7 Å². The fourth-order valence-corrected chi connectivity index (χ4v) is 1.47. The second-order valence-corrected chi connectivity index (χ2v) is 5.47. The van der Waals surface area contributed by atoms with Crippen LogP contribution in [0.3, 0.4) is 0 Å². The van der Waals surface area contributed by atoms with Gasteiger partial charge in [-0.05, 0) is 32.6 Å². The zero-order valence-corrected chi connectivity index (χ0v) is 17.5. The van der Waals surface area contributed by atoms with Gasteiger partial charge >= 0.3 is 17.9 Å². The minimum atomic E-state index is -0.935. The third-order valence-corrected chi connectivity index (χ3v) is 2.96. The Morgan fingerprint density at radius 3 is 1.61 bits per heavy atom. The number of hydrogen-bond donors (Lipinski definition) is 2. The first-order valence-corrected chi connectivity index (χ1v) is 9.46. The van der Waals surface area contributed by atoms with Crippen LogP contribution in [0, 0.1) is 0 Å². The van der Waals surface area contributed by atoms with Crippen LogP contribution in [0.2, 0.25) is 0 Å². The van der Waals surface area contributed by atoms with E-state index < -0.39 is 23.7 Å². The van der Waals surface area contributed by atoms with E-state index >= 15 is 0 Å². The average molecular weight is 408 g/mol. The van der Waals surface area contributed by atoms with Crippen molar-refractivity contribution in [3.05, 3.63) is 0 Å². The van der Waals surface area contributed by atoms with E-state index in [-0.39, 0.29) is 19.8 Å². The van der Waals surface area contributed by atoms with Crippen LogP contribution in [0.25, 0.3) is 0 Å². The monoisotopic (exact) mass is 408 g/mol. The third kappa shape index (κ3) is 26.2. The molecule has 0 aromatic rings. The summed E-state index contributed by atoms with van der Waals surface area (Å²) in [7, 11) is 1.15. The quantitative estimate of drug-likeness (QED) is 0.226. The smallest absolute Gasteiger partial charge is 0.417 e. The first-order valence-electron chi connectivity index (χ1n) is 9.46. The number of hydrogen-bond acceptors (Lipinski definition) is 9. The van der Waals surface area contributed by atoms with Crippen LogP contribution in [0.15, 0.2) is 0 Å². The van der Waals surface area contributed by atoms with E-state index in [9.17, 15) is 19.2 Å². The Bertz CT molecular complexity index is 404. The summed E-state index contributed by atoms with van der Waals surface area (Å²) in [5.41, 5.74) is 0. The fourth-order valence-electron chi connectivity index (χ4n) is 1.47. The Kier molecular flexibility index (Phi) is 27.4. The highest BCUT2D eigenvalue weighted by Gasteiger charge is 2.14. The maximum atomic E-state index is 10.7. The standard InChI is InChI=1S/C9H16O4.C5H8O3.C5H12O2/c1-3-4-5-6-7-13-9(11)8(10)12-2;1-3-8-5(7)4(2)6;6-4-2-1-3-5-7/h3-7H2,1-2H3;3H2,1-2H3;6-7H,1-5H2. The van der Waals surface area contributed by atoms with Crippen molar-refractivity contribution in [3.8, 4) is 0 Å². The van der Waals surface area contributed by atoms with Crippen LogP contribution in [0.4, 0.5) is 0 Å². The van der Waals surface area contributed by atoms with Crippen LogP contribution in [-0.4, -0.2) is 67.4 Å². The van der Waals surface area contributed by atoms with Gasteiger partial charge in [-0.25, -0.2) is 14.4 Å². The number of aliphatic hydroxyl groups excluding tert-OH is 2. The summed E-state index contributed by atoms with van der Waals surface area (Å²) in [4.78, 5) is 41.5. The summed E-state index contributed by atoms with van der Waals surface area (Å²) >= 11 is 0. The molecule has 0 rings (SSSR count). The van der Waals surface area contributed by atoms with Gasteiger partial charge in [-0.15, -0.1) is 0 Å². The van der Waals surface area contributed by atoms with Crippen LogP contribution in [-0.2, 0) is 33.4 Å². The van der Waals surface area contributed by atoms with Crippen LogP contribution < -0.4 is 0 Å². The normalized spacial score (nSPS) is 9.07. The number of Topliss-reactive ketones (excluding diaryl/α,β-unsaturated/α-hetero) is 1. The first-order chi connectivity index (χ1) is 13.3. The number of aliphatic hydroxyl groups is 2. The van der Waals surface area contributed by atoms with Gasteiger partial charge in [-0.2, -0.15) is 0 Å². The molecule has 0 atom stereocenters. The molecular weight excluding hydrogens is 372 g/mol. The SMILES string of the molecule is CCCCCCOC(=O)C(=O)OC.CCOC(=O)C(C)=O.OCCCCCO. The molecule has 0 bridgehead atoms. The van der Waals surface area contributed by atoms with Crippen molar-refractivity contribution in [1.82, 2.24) is 0 Å². The summed E-state index contributed by atoms with van der Waals surface area (Å²) in [6.07, 6.45) is 6.65. The molecule has 0 aromatic heterocycles. The largest absolute Gasteiger partial charge is 0.461 e. The second-order valence-electron chi connectivity index (χ2n) is 5.47. The molecule has 0 spiro atoms. The molecule has 0 saturated heterocycles. The summed E-state index contributed by atoms with van der Waals surface area (Å²) in [5, 5.41) is 16.4. The zero-order valence-electron chi connectivity index (χ0n) is 17.5. The number of unbranched alkanes of at least 4 members (excludes halogenated alkanes) is 5. The minimum Gasteiger partial charge on any atom is -0.461 e. The molecule has 0 aromatic carbocycles. The molecule has 166 valence electrons. The summed E-state index contributed by atoms with van der Waals surface area (Å²) in [6.45, 7) is 5.99. The summed E-state index contributed by atoms with van der Waals surface area (Å²) < 4.78 is 13.1. The lowest BCUT2D eigenvalue weighted by Gasteiger charge is -2.01. The van der Waals surface area contributed by atoms with Gasteiger partial charge in [0.15, 0.2) is 0 Å². The predicted octanol–water partition coefficient (Wildman–Crippen LogP) is 1.56. The molecule has 0 saturated carbocycles. The summed E-state index contributed by atoms with van der Waals surface area (Å²) in [6, 6.07) is 0. The van der Waals surface area contributed by atoms with Gasteiger partial charge in [-0.3, -0.25) is 4.79 Å². The lowest BCUT2D eigenvalue weighted by molar-refractivity contribution is -0.165. The van der Waals surface area contributed by atoms with E-state index in [1.165, 1.54) is 6.92 Å². The van der Waals surface area contributed by atoms with E-state index in [1.807, 2.05) is 0 Å². The predicted molar refractivity (Wildman–Crippen MR) is 102 cm³/mol. The lowest BCUT2D eigenvalue weighted by Crippen LogP contribution is -2.19. The van der Waals surface area contributed by atoms with Crippen molar-refractivity contribution in [2.75, 3.05) is 33.5 Å². The van der Waals surface area contributed by atoms with Gasteiger partial charge in [0.25, 0.3) is 0 Å². The summed E-state index contributed by atoms with van der Waals surface area (Å²) in [5.74, 6) is -3.14. The Hall–Kier alpha value is -2.00. The molecule has 0 unspecified atom stereocenters. The van der Waals surface area contributed by atoms with Gasteiger partial charge in [0.05, 0.1) is 20.3 Å². The molecule has 0 radical (unpaired) electrons. The van der Waals surface area contributed by atoms with Crippen molar-refractivity contribution in [2.24, 2.45) is 0 Å². The first kappa shape index (κ1) is 30.7. The maximum Gasteiger partial charge on any atom is 0.417 e. The molecule has 0 heterocycles. The van der Waals surface area contributed by atoms with E-state index in [1.54, 1.807) is 6.92 Å². The Labute approximate surface area is 167 Å². The average Bonchev–Trinajstić information content (AvgIpc) is 2.68. The highest BCUT2D eigenvalue weighted by atomic mass is 16.6. The van der Waals surface area contributed by atoms with Gasteiger partial charge in [0, 0.05) is 20.1 Å². The molecule has 28 heavy (non-hydrogen) atoms. The Morgan fingerprint density at radius 1 is 0.714 bits per heavy atom. The number of ether oxygens (including phenoxy) is 3. The van der Waals surface area contributed by atoms with Gasteiger partial charge < -0.3 is 24.4 Å². The topological polar surface area (TPSA) is 136 Å². The number of carbonyl (C=O) groups excluding carboxylic acids is 4. The lowest BCUT2D eigenvalue weighted by atomic mass is 10.2. The number of esters is 3. The minimum absolute atomic E-state index is 0.250. The second kappa shape index (κ2) is 25.0. The van der Waals surface area contributed by atoms with Crippen molar-refractivity contribution in [2.45, 2.75) is 65.7 Å². The van der Waals surface area contributed by atoms with Gasteiger partial charge in [-0.1, -0.05) is 26.2 Å². The number of rotatable bonds is 11. The van der Waals surface area contributed by atoms with E-state index in [4.69, 9.17) is 10.2 Å². The molecular formula is C19H36O9. The molecule has 9 heteroatoms. The number of carbonyl (C=O) groups is 4. The van der Waals surface area contributed by atoms with Crippen molar-refractivity contribution < 1.29 is 43.6 Å². The number of methoxy groups -OCH3 is 1. The molecule has 0 fully saturated rings. The fraction of sp³-hybridized carbons (Fsp3) is 0.789. The highest BCUT2D eigenvalue weighted by Crippen LogP contribution is 1.99. The number of ketones is 1. The van der Waals surface area contributed by atoms with Crippen LogP contribution >= 0.6 is 0 Å². The zero-order chi connectivity index (χ0) is 22.2. The molecule has 0 aliphatic rings. The van der Waals surface area contributed by atoms with E-state index in [2.05, 4.69) is 21.1 Å². The molecule has 0 amide bonds. The Balaban J connectivity index is -0.000000359. The van der Waals surface area contributed by atoms with E-state index in [0.717, 1.165) is 52.1 Å². The van der Waals surface area contributed by atoms with Crippen molar-refractivity contribution in [1.29, 1.82) is 0 Å². The molecule has 2 N–H and O–H groups in total. The third-order valence-electron chi connectivity index (χ3n) is 2.96. The van der Waals surface area contributed by atoms with E-state index in [0.29, 0.717) is 6.61 Å². The van der Waals surface area contributed by atoms with Gasteiger partial charge in [0.2, 0.25) is 5.78 Å². The molecule has 0 aliphatic heterocycles.